The maximum absolute atomic E-state index is 5.91. The highest BCUT2D eigenvalue weighted by Gasteiger charge is 2.06. The Balaban J connectivity index is 2.55. The summed E-state index contributed by atoms with van der Waals surface area (Å²) in [7, 11) is 1.87. The first kappa shape index (κ1) is 10.4. The lowest BCUT2D eigenvalue weighted by Crippen LogP contribution is -1.97. The summed E-state index contributed by atoms with van der Waals surface area (Å²) in [5, 5.41) is 3.12. The quantitative estimate of drug-likeness (QED) is 0.672. The molecule has 3 heteroatoms. The highest BCUT2D eigenvalue weighted by molar-refractivity contribution is 5.86. The summed E-state index contributed by atoms with van der Waals surface area (Å²) >= 11 is 0. The van der Waals surface area contributed by atoms with Crippen molar-refractivity contribution in [1.29, 1.82) is 0 Å². The van der Waals surface area contributed by atoms with E-state index in [4.69, 9.17) is 11.5 Å². The van der Waals surface area contributed by atoms with E-state index in [9.17, 15) is 0 Å². The normalized spacial score (nSPS) is 10.1. The minimum atomic E-state index is 0.747. The molecule has 0 bridgehead atoms. The highest BCUT2D eigenvalue weighted by atomic mass is 14.9. The van der Waals surface area contributed by atoms with Crippen molar-refractivity contribution in [1.82, 2.24) is 0 Å². The average molecular weight is 213 g/mol. The van der Waals surface area contributed by atoms with E-state index in [1.165, 1.54) is 0 Å². The smallest absolute Gasteiger partial charge is 0.0650 e. The van der Waals surface area contributed by atoms with Gasteiger partial charge in [-0.2, -0.15) is 0 Å². The van der Waals surface area contributed by atoms with Crippen LogP contribution in [-0.2, 0) is 0 Å². The Labute approximate surface area is 95.1 Å². The summed E-state index contributed by atoms with van der Waals surface area (Å²) in [6.07, 6.45) is 0. The van der Waals surface area contributed by atoms with Gasteiger partial charge >= 0.3 is 0 Å². The summed E-state index contributed by atoms with van der Waals surface area (Å²) < 4.78 is 0. The number of nitrogens with one attached hydrogen (secondary N) is 1. The van der Waals surface area contributed by atoms with E-state index >= 15 is 0 Å². The largest absolute Gasteiger partial charge is 0.399 e. The Bertz CT molecular complexity index is 489. The third-order valence-electron chi connectivity index (χ3n) is 2.57. The molecule has 0 atom stereocenters. The number of hydrogen-bond donors (Lipinski definition) is 3. The van der Waals surface area contributed by atoms with E-state index in [0.29, 0.717) is 0 Å². The van der Waals surface area contributed by atoms with Crippen molar-refractivity contribution in [2.75, 3.05) is 23.8 Å². The molecule has 0 saturated carbocycles. The minimum absolute atomic E-state index is 0.747. The molecule has 0 aromatic heterocycles. The van der Waals surface area contributed by atoms with Crippen LogP contribution in [0.15, 0.2) is 42.5 Å². The first-order chi connectivity index (χ1) is 7.72. The molecule has 0 heterocycles. The molecule has 0 aliphatic carbocycles. The summed E-state index contributed by atoms with van der Waals surface area (Å²) in [6, 6.07) is 13.6. The molecule has 2 aromatic carbocycles. The Morgan fingerprint density at radius 3 is 2.25 bits per heavy atom. The predicted molar refractivity (Wildman–Crippen MR) is 70.2 cm³/mol. The van der Waals surface area contributed by atoms with Gasteiger partial charge in [0.25, 0.3) is 0 Å². The molecule has 0 amide bonds. The fourth-order valence-corrected chi connectivity index (χ4v) is 1.75. The fourth-order valence-electron chi connectivity index (χ4n) is 1.75. The Morgan fingerprint density at radius 2 is 1.62 bits per heavy atom. The van der Waals surface area contributed by atoms with E-state index in [1.807, 2.05) is 49.5 Å². The molecule has 0 fully saturated rings. The molecule has 0 aliphatic rings. The van der Waals surface area contributed by atoms with Gasteiger partial charge in [0.05, 0.1) is 11.4 Å². The summed E-state index contributed by atoms with van der Waals surface area (Å²) in [5.74, 6) is 0. The van der Waals surface area contributed by atoms with Crippen LogP contribution in [-0.4, -0.2) is 7.05 Å². The average Bonchev–Trinajstić information content (AvgIpc) is 2.30. The van der Waals surface area contributed by atoms with Crippen molar-refractivity contribution in [3.63, 3.8) is 0 Å². The first-order valence-electron chi connectivity index (χ1n) is 5.14. The van der Waals surface area contributed by atoms with Crippen molar-refractivity contribution in [2.45, 2.75) is 0 Å². The third-order valence-corrected chi connectivity index (χ3v) is 2.57. The van der Waals surface area contributed by atoms with Gasteiger partial charge in [-0.3, -0.25) is 0 Å². The van der Waals surface area contributed by atoms with Crippen molar-refractivity contribution in [3.8, 4) is 11.1 Å². The Kier molecular flexibility index (Phi) is 2.68. The van der Waals surface area contributed by atoms with Crippen LogP contribution in [0, 0.1) is 0 Å². The number of anilines is 3. The zero-order chi connectivity index (χ0) is 11.5. The van der Waals surface area contributed by atoms with Gasteiger partial charge in [0, 0.05) is 18.3 Å². The molecule has 16 heavy (non-hydrogen) atoms. The van der Waals surface area contributed by atoms with Gasteiger partial charge in [0.1, 0.15) is 0 Å². The van der Waals surface area contributed by atoms with Crippen LogP contribution in [0.25, 0.3) is 11.1 Å². The molecule has 2 aromatic rings. The second kappa shape index (κ2) is 4.14. The fraction of sp³-hybridized carbons (Fsp3) is 0.0769. The summed E-state index contributed by atoms with van der Waals surface area (Å²) in [5.41, 5.74) is 16.2. The van der Waals surface area contributed by atoms with E-state index in [-0.39, 0.29) is 0 Å². The van der Waals surface area contributed by atoms with Crippen molar-refractivity contribution in [2.24, 2.45) is 0 Å². The van der Waals surface area contributed by atoms with Gasteiger partial charge in [-0.05, 0) is 23.8 Å². The molecule has 0 radical (unpaired) electrons. The lowest BCUT2D eigenvalue weighted by Gasteiger charge is -2.12. The van der Waals surface area contributed by atoms with E-state index in [2.05, 4.69) is 5.32 Å². The molecule has 2 rings (SSSR count). The van der Waals surface area contributed by atoms with E-state index in [1.54, 1.807) is 0 Å². The number of rotatable bonds is 2. The molecule has 82 valence electrons. The predicted octanol–water partition coefficient (Wildman–Crippen LogP) is 2.56. The molecule has 0 saturated heterocycles. The van der Waals surface area contributed by atoms with Gasteiger partial charge in [0.2, 0.25) is 0 Å². The van der Waals surface area contributed by atoms with Crippen LogP contribution < -0.4 is 16.8 Å². The topological polar surface area (TPSA) is 64.1 Å². The van der Waals surface area contributed by atoms with Crippen LogP contribution in [0.5, 0.6) is 0 Å². The maximum atomic E-state index is 5.91. The van der Waals surface area contributed by atoms with E-state index in [0.717, 1.165) is 28.2 Å². The number of hydrogen-bond acceptors (Lipinski definition) is 3. The molecular formula is C13H15N3. The van der Waals surface area contributed by atoms with Gasteiger partial charge < -0.3 is 16.8 Å². The van der Waals surface area contributed by atoms with Crippen molar-refractivity contribution >= 4 is 17.1 Å². The van der Waals surface area contributed by atoms with Crippen LogP contribution in [0.4, 0.5) is 17.1 Å². The third kappa shape index (κ3) is 1.80. The lowest BCUT2D eigenvalue weighted by atomic mass is 10.0. The number of benzene rings is 2. The van der Waals surface area contributed by atoms with Gasteiger partial charge in [-0.15, -0.1) is 0 Å². The van der Waals surface area contributed by atoms with Gasteiger partial charge in [-0.25, -0.2) is 0 Å². The minimum Gasteiger partial charge on any atom is -0.399 e. The Morgan fingerprint density at radius 1 is 0.938 bits per heavy atom. The molecule has 0 unspecified atom stereocenters. The number of para-hydroxylation sites is 1. The van der Waals surface area contributed by atoms with Crippen LogP contribution in [0.3, 0.4) is 0 Å². The standard InChI is InChI=1S/C13H15N3/c1-16-13-11(3-2-4-12(13)15)9-5-7-10(14)8-6-9/h2-8,16H,14-15H2,1H3. The van der Waals surface area contributed by atoms with E-state index < -0.39 is 0 Å². The lowest BCUT2D eigenvalue weighted by molar-refractivity contribution is 1.50. The van der Waals surface area contributed by atoms with Crippen molar-refractivity contribution in [3.05, 3.63) is 42.5 Å². The highest BCUT2D eigenvalue weighted by Crippen LogP contribution is 2.32. The Hall–Kier alpha value is -2.16. The van der Waals surface area contributed by atoms with Crippen LogP contribution >= 0.6 is 0 Å². The second-order valence-corrected chi connectivity index (χ2v) is 3.64. The SMILES string of the molecule is CNc1c(N)cccc1-c1ccc(N)cc1. The molecule has 3 nitrogen and oxygen atoms in total. The molecular weight excluding hydrogens is 198 g/mol. The van der Waals surface area contributed by atoms with Crippen LogP contribution in [0.2, 0.25) is 0 Å². The van der Waals surface area contributed by atoms with Crippen molar-refractivity contribution < 1.29 is 0 Å². The maximum Gasteiger partial charge on any atom is 0.0650 e. The zero-order valence-corrected chi connectivity index (χ0v) is 9.20. The van der Waals surface area contributed by atoms with Crippen LogP contribution in [0.1, 0.15) is 0 Å². The summed E-state index contributed by atoms with van der Waals surface area (Å²) in [4.78, 5) is 0. The summed E-state index contributed by atoms with van der Waals surface area (Å²) in [6.45, 7) is 0. The number of nitrogen functional groups attached to an aromatic ring is 2. The zero-order valence-electron chi connectivity index (χ0n) is 9.20. The molecule has 0 aliphatic heterocycles. The number of nitrogens with two attached hydrogens (primary N) is 2. The molecule has 5 N–H and O–H groups in total. The first-order valence-corrected chi connectivity index (χ1v) is 5.14. The van der Waals surface area contributed by atoms with Gasteiger partial charge in [-0.1, -0.05) is 24.3 Å². The van der Waals surface area contributed by atoms with Gasteiger partial charge in [0.15, 0.2) is 0 Å². The second-order valence-electron chi connectivity index (χ2n) is 3.64. The monoisotopic (exact) mass is 213 g/mol. The molecule has 0 spiro atoms.